The van der Waals surface area contributed by atoms with Gasteiger partial charge in [0.1, 0.15) is 17.1 Å². The number of aliphatic hydroxyl groups is 1. The van der Waals surface area contributed by atoms with Crippen molar-refractivity contribution in [2.75, 3.05) is 5.32 Å². The summed E-state index contributed by atoms with van der Waals surface area (Å²) in [5, 5.41) is 17.7. The van der Waals surface area contributed by atoms with Crippen LogP contribution in [-0.2, 0) is 18.3 Å². The molecule has 0 spiro atoms. The molecule has 3 aromatic carbocycles. The van der Waals surface area contributed by atoms with Gasteiger partial charge in [0.15, 0.2) is 5.69 Å². The molecule has 5 rings (SSSR count). The first kappa shape index (κ1) is 27.5. The van der Waals surface area contributed by atoms with Crippen molar-refractivity contribution in [1.82, 2.24) is 9.78 Å². The van der Waals surface area contributed by atoms with Gasteiger partial charge < -0.3 is 16.2 Å². The van der Waals surface area contributed by atoms with Crippen LogP contribution in [0.2, 0.25) is 0 Å². The minimum absolute atomic E-state index is 0.135. The first-order chi connectivity index (χ1) is 19.1. The Labute approximate surface area is 228 Å². The number of alkyl halides is 3. The summed E-state index contributed by atoms with van der Waals surface area (Å²) in [6.07, 6.45) is -1.42. The number of aromatic nitrogens is 2. The molecule has 1 saturated carbocycles. The van der Waals surface area contributed by atoms with E-state index in [0.29, 0.717) is 35.1 Å². The van der Waals surface area contributed by atoms with Crippen LogP contribution >= 0.6 is 0 Å². The van der Waals surface area contributed by atoms with Crippen LogP contribution in [-0.4, -0.2) is 20.8 Å². The minimum Gasteiger partial charge on any atom is -0.380 e. The van der Waals surface area contributed by atoms with E-state index in [9.17, 15) is 23.1 Å². The lowest BCUT2D eigenvalue weighted by atomic mass is 9.82. The maximum absolute atomic E-state index is 15.4. The third kappa shape index (κ3) is 5.78. The first-order valence-corrected chi connectivity index (χ1v) is 12.9. The molecule has 10 heteroatoms. The number of hydrogen-bond donors (Lipinski definition) is 3. The third-order valence-corrected chi connectivity index (χ3v) is 7.18. The Bertz CT molecular complexity index is 1520. The quantitative estimate of drug-likeness (QED) is 0.217. The van der Waals surface area contributed by atoms with Crippen LogP contribution in [0.5, 0.6) is 0 Å². The molecule has 4 N–H and O–H groups in total. The van der Waals surface area contributed by atoms with E-state index in [1.54, 1.807) is 36.4 Å². The second-order valence-corrected chi connectivity index (χ2v) is 10.1. The summed E-state index contributed by atoms with van der Waals surface area (Å²) >= 11 is 0. The highest BCUT2D eigenvalue weighted by atomic mass is 19.4. The van der Waals surface area contributed by atoms with Crippen molar-refractivity contribution >= 4 is 11.6 Å². The minimum atomic E-state index is -4.80. The Morgan fingerprint density at radius 2 is 1.75 bits per heavy atom. The van der Waals surface area contributed by atoms with Gasteiger partial charge in [-0.2, -0.15) is 18.3 Å². The second kappa shape index (κ2) is 10.9. The Balaban J connectivity index is 1.46. The van der Waals surface area contributed by atoms with Crippen molar-refractivity contribution in [3.63, 3.8) is 0 Å². The molecule has 6 nitrogen and oxygen atoms in total. The van der Waals surface area contributed by atoms with Gasteiger partial charge in [0, 0.05) is 12.6 Å². The van der Waals surface area contributed by atoms with E-state index in [0.717, 1.165) is 30.0 Å². The highest BCUT2D eigenvalue weighted by molar-refractivity contribution is 6.03. The lowest BCUT2D eigenvalue weighted by Crippen LogP contribution is -2.28. The largest absolute Gasteiger partial charge is 0.435 e. The van der Waals surface area contributed by atoms with Crippen LogP contribution in [0.4, 0.5) is 23.2 Å². The van der Waals surface area contributed by atoms with Gasteiger partial charge in [0.25, 0.3) is 5.91 Å². The fraction of sp³-hybridized carbons (Fsp3) is 0.267. The molecule has 4 aromatic rings. The van der Waals surface area contributed by atoms with E-state index >= 15 is 4.39 Å². The van der Waals surface area contributed by atoms with Crippen molar-refractivity contribution in [3.8, 4) is 5.69 Å². The Hall–Kier alpha value is -4.02. The summed E-state index contributed by atoms with van der Waals surface area (Å²) in [6.45, 7) is 0.135. The monoisotopic (exact) mass is 552 g/mol. The fourth-order valence-electron chi connectivity index (χ4n) is 4.74. The number of nitrogens with two attached hydrogens (primary N) is 1. The molecule has 0 bridgehead atoms. The summed E-state index contributed by atoms with van der Waals surface area (Å²) in [7, 11) is 0. The molecule has 1 fully saturated rings. The smallest absolute Gasteiger partial charge is 0.380 e. The number of rotatable bonds is 9. The van der Waals surface area contributed by atoms with E-state index in [-0.39, 0.29) is 17.9 Å². The summed E-state index contributed by atoms with van der Waals surface area (Å²) in [4.78, 5) is 13.2. The van der Waals surface area contributed by atoms with E-state index in [2.05, 4.69) is 10.4 Å². The lowest BCUT2D eigenvalue weighted by Gasteiger charge is -2.30. The van der Waals surface area contributed by atoms with Crippen molar-refractivity contribution in [3.05, 3.63) is 113 Å². The van der Waals surface area contributed by atoms with Crippen LogP contribution in [0.15, 0.2) is 78.9 Å². The average Bonchev–Trinajstić information content (AvgIpc) is 3.67. The topological polar surface area (TPSA) is 93.2 Å². The zero-order chi connectivity index (χ0) is 28.5. The van der Waals surface area contributed by atoms with Crippen LogP contribution in [0.25, 0.3) is 5.69 Å². The molecule has 1 unspecified atom stereocenters. The van der Waals surface area contributed by atoms with Gasteiger partial charge in [-0.05, 0) is 59.7 Å². The molecule has 0 aliphatic heterocycles. The summed E-state index contributed by atoms with van der Waals surface area (Å²) in [6, 6.07) is 19.8. The van der Waals surface area contributed by atoms with Gasteiger partial charge in [0.05, 0.1) is 11.4 Å². The molecule has 1 heterocycles. The molecular formula is C30H28F4N4O2. The van der Waals surface area contributed by atoms with Crippen LogP contribution in [0.1, 0.15) is 58.6 Å². The third-order valence-electron chi connectivity index (χ3n) is 7.18. The Morgan fingerprint density at radius 1 is 1.00 bits per heavy atom. The number of carbonyl (C=O) groups excluding carboxylic acids is 1. The van der Waals surface area contributed by atoms with Gasteiger partial charge >= 0.3 is 6.18 Å². The molecule has 1 aliphatic carbocycles. The van der Waals surface area contributed by atoms with Gasteiger partial charge in [-0.3, -0.25) is 4.79 Å². The molecule has 0 saturated heterocycles. The molecule has 1 atom stereocenters. The van der Waals surface area contributed by atoms with Gasteiger partial charge in [-0.25, -0.2) is 9.07 Å². The molecule has 1 aliphatic rings. The lowest BCUT2D eigenvalue weighted by molar-refractivity contribution is -0.141. The number of nitrogens with one attached hydrogen (secondary N) is 1. The van der Waals surface area contributed by atoms with Crippen LogP contribution < -0.4 is 11.1 Å². The Kier molecular flexibility index (Phi) is 7.48. The SMILES string of the molecule is NCc1cccc(-n2nc(C(F)(F)F)cc2C(=O)Nc2ccc(C(O)(CCC3CC3)c3ccccc3)cc2F)c1. The summed E-state index contributed by atoms with van der Waals surface area (Å²) < 4.78 is 56.7. The number of anilines is 1. The number of benzene rings is 3. The highest BCUT2D eigenvalue weighted by Gasteiger charge is 2.37. The molecule has 1 amide bonds. The van der Waals surface area contributed by atoms with Crippen molar-refractivity contribution in [1.29, 1.82) is 0 Å². The highest BCUT2D eigenvalue weighted by Crippen LogP contribution is 2.41. The standard InChI is InChI=1S/C30H28F4N4O2/c31-24-16-22(29(40,14-13-19-9-10-19)21-6-2-1-3-7-21)11-12-25(24)36-28(39)26-17-27(30(32,33)34)37-38(26)23-8-4-5-20(15-23)18-35/h1-8,11-12,15-17,19,40H,9-10,13-14,18,35H2,(H,36,39). The zero-order valence-corrected chi connectivity index (χ0v) is 21.5. The number of nitrogens with zero attached hydrogens (tertiary/aromatic N) is 2. The van der Waals surface area contributed by atoms with Gasteiger partial charge in [-0.15, -0.1) is 0 Å². The van der Waals surface area contributed by atoms with E-state index in [1.165, 1.54) is 24.3 Å². The molecule has 0 radical (unpaired) electrons. The van der Waals surface area contributed by atoms with E-state index in [1.807, 2.05) is 6.07 Å². The van der Waals surface area contributed by atoms with Crippen LogP contribution in [0.3, 0.4) is 0 Å². The molecule has 40 heavy (non-hydrogen) atoms. The number of halogens is 4. The van der Waals surface area contributed by atoms with E-state index in [4.69, 9.17) is 5.73 Å². The molecule has 208 valence electrons. The zero-order valence-electron chi connectivity index (χ0n) is 21.5. The van der Waals surface area contributed by atoms with Crippen molar-refractivity contribution in [2.24, 2.45) is 11.7 Å². The Morgan fingerprint density at radius 3 is 2.40 bits per heavy atom. The summed E-state index contributed by atoms with van der Waals surface area (Å²) in [5.74, 6) is -1.28. The molecular weight excluding hydrogens is 524 g/mol. The fourth-order valence-corrected chi connectivity index (χ4v) is 4.74. The predicted octanol–water partition coefficient (Wildman–Crippen LogP) is 6.17. The first-order valence-electron chi connectivity index (χ1n) is 12.9. The molecule has 1 aromatic heterocycles. The van der Waals surface area contributed by atoms with E-state index < -0.39 is 34.9 Å². The summed E-state index contributed by atoms with van der Waals surface area (Å²) in [5.41, 5.74) is 4.02. The average molecular weight is 553 g/mol. The maximum Gasteiger partial charge on any atom is 0.435 e. The van der Waals surface area contributed by atoms with Gasteiger partial charge in [0.2, 0.25) is 0 Å². The second-order valence-electron chi connectivity index (χ2n) is 10.1. The van der Waals surface area contributed by atoms with Crippen molar-refractivity contribution in [2.45, 2.75) is 44.0 Å². The van der Waals surface area contributed by atoms with Crippen molar-refractivity contribution < 1.29 is 27.5 Å². The number of hydrogen-bond acceptors (Lipinski definition) is 4. The van der Waals surface area contributed by atoms with Gasteiger partial charge in [-0.1, -0.05) is 61.4 Å². The normalized spacial score (nSPS) is 15.1. The predicted molar refractivity (Wildman–Crippen MR) is 142 cm³/mol. The van der Waals surface area contributed by atoms with Crippen LogP contribution in [0, 0.1) is 11.7 Å². The number of amides is 1. The maximum atomic E-state index is 15.4. The number of carbonyl (C=O) groups is 1.